The number of rotatable bonds is 5. The first kappa shape index (κ1) is 14.7. The molecule has 0 radical (unpaired) electrons. The Morgan fingerprint density at radius 3 is 2.70 bits per heavy atom. The van der Waals surface area contributed by atoms with Crippen LogP contribution in [0.3, 0.4) is 0 Å². The van der Waals surface area contributed by atoms with E-state index in [1.54, 1.807) is 0 Å². The number of non-ortho nitro benzene ring substituents is 1. The van der Waals surface area contributed by atoms with Crippen molar-refractivity contribution in [1.82, 2.24) is 0 Å². The Morgan fingerprint density at radius 2 is 2.20 bits per heavy atom. The molecule has 0 heterocycles. The third-order valence-corrected chi connectivity index (χ3v) is 4.15. The van der Waals surface area contributed by atoms with Crippen LogP contribution in [-0.2, 0) is 4.79 Å². The van der Waals surface area contributed by atoms with E-state index < -0.39 is 4.92 Å². The van der Waals surface area contributed by atoms with E-state index in [0.29, 0.717) is 13.0 Å². The minimum absolute atomic E-state index is 0.109. The summed E-state index contributed by atoms with van der Waals surface area (Å²) in [6.07, 6.45) is 3.30. The molecule has 1 fully saturated rings. The van der Waals surface area contributed by atoms with E-state index in [0.717, 1.165) is 19.3 Å². The quantitative estimate of drug-likeness (QED) is 0.645. The van der Waals surface area contributed by atoms with Crippen molar-refractivity contribution in [3.8, 4) is 0 Å². The molecule has 0 aromatic heterocycles. The second-order valence-electron chi connectivity index (χ2n) is 5.20. The molecule has 1 aliphatic carbocycles. The third kappa shape index (κ3) is 3.08. The van der Waals surface area contributed by atoms with Gasteiger partial charge in [0.2, 0.25) is 5.91 Å². The lowest BCUT2D eigenvalue weighted by molar-refractivity contribution is -0.384. The lowest BCUT2D eigenvalue weighted by Gasteiger charge is -2.40. The summed E-state index contributed by atoms with van der Waals surface area (Å²) < 4.78 is 0. The number of nitrogens with two attached hydrogens (primary N) is 1. The second kappa shape index (κ2) is 5.76. The largest absolute Gasteiger partial charge is 0.330 e. The fourth-order valence-corrected chi connectivity index (χ4v) is 2.55. The molecule has 2 rings (SSSR count). The zero-order valence-electron chi connectivity index (χ0n) is 10.9. The first-order valence-electron chi connectivity index (χ1n) is 6.40. The highest BCUT2D eigenvalue weighted by Crippen LogP contribution is 2.43. The van der Waals surface area contributed by atoms with E-state index in [-0.39, 0.29) is 27.7 Å². The number of anilines is 1. The van der Waals surface area contributed by atoms with Gasteiger partial charge in [0, 0.05) is 18.6 Å². The predicted molar refractivity (Wildman–Crippen MR) is 76.7 cm³/mol. The van der Waals surface area contributed by atoms with Crippen molar-refractivity contribution in [2.75, 3.05) is 11.9 Å². The van der Waals surface area contributed by atoms with Gasteiger partial charge in [-0.2, -0.15) is 0 Å². The topological polar surface area (TPSA) is 98.3 Å². The highest BCUT2D eigenvalue weighted by molar-refractivity contribution is 6.33. The number of benzene rings is 1. The molecular weight excluding hydrogens is 282 g/mol. The van der Waals surface area contributed by atoms with E-state index in [2.05, 4.69) is 5.32 Å². The number of hydrogen-bond donors (Lipinski definition) is 2. The number of amides is 1. The van der Waals surface area contributed by atoms with Gasteiger partial charge in [-0.15, -0.1) is 0 Å². The third-order valence-electron chi connectivity index (χ3n) is 3.82. The van der Waals surface area contributed by atoms with Gasteiger partial charge in [0.1, 0.15) is 0 Å². The molecule has 3 N–H and O–H groups in total. The number of halogens is 1. The van der Waals surface area contributed by atoms with E-state index in [1.807, 2.05) is 0 Å². The van der Waals surface area contributed by atoms with Gasteiger partial charge in [-0.3, -0.25) is 14.9 Å². The van der Waals surface area contributed by atoms with Crippen LogP contribution < -0.4 is 11.1 Å². The number of carbonyl (C=O) groups is 1. The Kier molecular flexibility index (Phi) is 4.25. The van der Waals surface area contributed by atoms with Gasteiger partial charge in [0.15, 0.2) is 0 Å². The summed E-state index contributed by atoms with van der Waals surface area (Å²) in [5.41, 5.74) is 5.75. The van der Waals surface area contributed by atoms with Crippen molar-refractivity contribution in [1.29, 1.82) is 0 Å². The molecule has 7 heteroatoms. The summed E-state index contributed by atoms with van der Waals surface area (Å²) in [4.78, 5) is 22.2. The highest BCUT2D eigenvalue weighted by Gasteiger charge is 2.37. The van der Waals surface area contributed by atoms with Crippen LogP contribution >= 0.6 is 11.6 Å². The lowest BCUT2D eigenvalue weighted by atomic mass is 9.66. The second-order valence-corrected chi connectivity index (χ2v) is 5.61. The number of nitro benzene ring substituents is 1. The minimum atomic E-state index is -0.528. The van der Waals surface area contributed by atoms with E-state index in [9.17, 15) is 14.9 Å². The van der Waals surface area contributed by atoms with Gasteiger partial charge in [-0.25, -0.2) is 0 Å². The predicted octanol–water partition coefficient (Wildman–Crippen LogP) is 2.71. The molecule has 1 saturated carbocycles. The number of nitrogens with one attached hydrogen (secondary N) is 1. The molecule has 20 heavy (non-hydrogen) atoms. The zero-order chi connectivity index (χ0) is 14.8. The van der Waals surface area contributed by atoms with Gasteiger partial charge in [0.25, 0.3) is 5.69 Å². The molecule has 1 aliphatic rings. The van der Waals surface area contributed by atoms with Gasteiger partial charge in [-0.1, -0.05) is 18.0 Å². The van der Waals surface area contributed by atoms with Crippen LogP contribution in [0.25, 0.3) is 0 Å². The normalized spacial score (nSPS) is 16.3. The maximum Gasteiger partial charge on any atom is 0.271 e. The van der Waals surface area contributed by atoms with Crippen LogP contribution in [-0.4, -0.2) is 17.4 Å². The van der Waals surface area contributed by atoms with Crippen LogP contribution in [0.1, 0.15) is 25.7 Å². The molecule has 0 atom stereocenters. The number of carbonyl (C=O) groups excluding carboxylic acids is 1. The standard InChI is InChI=1S/C13H16ClN3O3/c14-10-3-2-9(17(19)20)6-11(10)16-12(18)7-13(8-15)4-1-5-13/h2-3,6H,1,4-5,7-8,15H2,(H,16,18). The van der Waals surface area contributed by atoms with Crippen molar-refractivity contribution in [3.05, 3.63) is 33.3 Å². The maximum absolute atomic E-state index is 12.0. The molecule has 0 spiro atoms. The Labute approximate surface area is 121 Å². The summed E-state index contributed by atoms with van der Waals surface area (Å²) in [6.45, 7) is 0.475. The Balaban J connectivity index is 2.07. The Bertz CT molecular complexity index is 538. The van der Waals surface area contributed by atoms with Gasteiger partial charge in [0.05, 0.1) is 15.6 Å². The van der Waals surface area contributed by atoms with Gasteiger partial charge >= 0.3 is 0 Å². The molecular formula is C13H16ClN3O3. The smallest absolute Gasteiger partial charge is 0.271 e. The molecule has 0 bridgehead atoms. The van der Waals surface area contributed by atoms with Crippen molar-refractivity contribution < 1.29 is 9.72 Å². The molecule has 108 valence electrons. The first-order valence-corrected chi connectivity index (χ1v) is 6.77. The van der Waals surface area contributed by atoms with Crippen molar-refractivity contribution in [3.63, 3.8) is 0 Å². The fraction of sp³-hybridized carbons (Fsp3) is 0.462. The van der Waals surface area contributed by atoms with Crippen molar-refractivity contribution in [2.45, 2.75) is 25.7 Å². The minimum Gasteiger partial charge on any atom is -0.330 e. The average Bonchev–Trinajstić information content (AvgIpc) is 2.36. The molecule has 0 saturated heterocycles. The SMILES string of the molecule is NCC1(CC(=O)Nc2cc([N+](=O)[O-])ccc2Cl)CCC1. The van der Waals surface area contributed by atoms with E-state index >= 15 is 0 Å². The molecule has 0 aliphatic heterocycles. The van der Waals surface area contributed by atoms with Crippen molar-refractivity contribution >= 4 is 28.9 Å². The summed E-state index contributed by atoms with van der Waals surface area (Å²) in [5, 5.41) is 13.6. The van der Waals surface area contributed by atoms with E-state index in [1.165, 1.54) is 18.2 Å². The van der Waals surface area contributed by atoms with Crippen LogP contribution in [0.2, 0.25) is 5.02 Å². The lowest BCUT2D eigenvalue weighted by Crippen LogP contribution is -2.40. The fourth-order valence-electron chi connectivity index (χ4n) is 2.39. The van der Waals surface area contributed by atoms with Gasteiger partial charge < -0.3 is 11.1 Å². The molecule has 1 aromatic rings. The zero-order valence-corrected chi connectivity index (χ0v) is 11.7. The van der Waals surface area contributed by atoms with Crippen molar-refractivity contribution in [2.24, 2.45) is 11.1 Å². The van der Waals surface area contributed by atoms with Gasteiger partial charge in [-0.05, 0) is 30.9 Å². The summed E-state index contributed by atoms with van der Waals surface area (Å²) in [5.74, 6) is -0.211. The molecule has 0 unspecified atom stereocenters. The Morgan fingerprint density at radius 1 is 1.50 bits per heavy atom. The maximum atomic E-state index is 12.0. The molecule has 1 aromatic carbocycles. The summed E-state index contributed by atoms with van der Waals surface area (Å²) >= 11 is 5.94. The molecule has 6 nitrogen and oxygen atoms in total. The van der Waals surface area contributed by atoms with Crippen LogP contribution in [0.15, 0.2) is 18.2 Å². The number of nitrogens with zero attached hydrogens (tertiary/aromatic N) is 1. The number of nitro groups is 1. The molecule has 1 amide bonds. The summed E-state index contributed by atoms with van der Waals surface area (Å²) in [6, 6.07) is 3.96. The average molecular weight is 298 g/mol. The van der Waals surface area contributed by atoms with E-state index in [4.69, 9.17) is 17.3 Å². The number of hydrogen-bond acceptors (Lipinski definition) is 4. The Hall–Kier alpha value is -1.66. The summed E-state index contributed by atoms with van der Waals surface area (Å²) in [7, 11) is 0. The van der Waals surface area contributed by atoms with Crippen LogP contribution in [0, 0.1) is 15.5 Å². The van der Waals surface area contributed by atoms with Crippen LogP contribution in [0.4, 0.5) is 11.4 Å². The monoisotopic (exact) mass is 297 g/mol. The first-order chi connectivity index (χ1) is 9.46. The highest BCUT2D eigenvalue weighted by atomic mass is 35.5. The van der Waals surface area contributed by atoms with Crippen LogP contribution in [0.5, 0.6) is 0 Å².